The first-order valence-corrected chi connectivity index (χ1v) is 9.90. The van der Waals surface area contributed by atoms with Crippen LogP contribution in [0, 0.1) is 0 Å². The van der Waals surface area contributed by atoms with Gasteiger partial charge in [0.1, 0.15) is 5.75 Å². The standard InChI is InChI=1S/C24H28N2O/c1-3-19-9-4-5-10-21(19)18-26-16-8-15-25-14-7-13-23(25)24(26)20-11-6-12-22(17-20)27-2/h4-7,9-14,17,24H,3,8,15-16,18H2,1-2H3/t24-/m1/s1. The number of methoxy groups -OCH3 is 1. The summed E-state index contributed by atoms with van der Waals surface area (Å²) in [7, 11) is 1.74. The van der Waals surface area contributed by atoms with Gasteiger partial charge in [0, 0.05) is 31.5 Å². The van der Waals surface area contributed by atoms with Crippen LogP contribution in [0.25, 0.3) is 0 Å². The first-order valence-electron chi connectivity index (χ1n) is 9.90. The van der Waals surface area contributed by atoms with Crippen LogP contribution in [0.15, 0.2) is 66.9 Å². The Morgan fingerprint density at radius 2 is 1.81 bits per heavy atom. The number of rotatable bonds is 5. The Morgan fingerprint density at radius 1 is 0.963 bits per heavy atom. The summed E-state index contributed by atoms with van der Waals surface area (Å²) < 4.78 is 7.92. The van der Waals surface area contributed by atoms with Crippen LogP contribution in [0.5, 0.6) is 5.75 Å². The Balaban J connectivity index is 1.76. The molecular formula is C24H28N2O. The summed E-state index contributed by atoms with van der Waals surface area (Å²) in [5.74, 6) is 0.920. The van der Waals surface area contributed by atoms with Crippen LogP contribution < -0.4 is 4.74 Å². The second kappa shape index (κ2) is 8.01. The van der Waals surface area contributed by atoms with E-state index in [1.54, 1.807) is 7.11 Å². The van der Waals surface area contributed by atoms with Crippen molar-refractivity contribution in [3.8, 4) is 5.75 Å². The normalized spacial score (nSPS) is 17.3. The monoisotopic (exact) mass is 360 g/mol. The van der Waals surface area contributed by atoms with Crippen molar-refractivity contribution >= 4 is 0 Å². The summed E-state index contributed by atoms with van der Waals surface area (Å²) >= 11 is 0. The number of hydrogen-bond donors (Lipinski definition) is 0. The number of benzene rings is 2. The van der Waals surface area contributed by atoms with E-state index in [4.69, 9.17) is 4.74 Å². The second-order valence-corrected chi connectivity index (χ2v) is 7.25. The van der Waals surface area contributed by atoms with Gasteiger partial charge in [-0.15, -0.1) is 0 Å². The molecule has 0 saturated carbocycles. The van der Waals surface area contributed by atoms with Gasteiger partial charge in [-0.2, -0.15) is 0 Å². The Labute approximate surface area is 162 Å². The highest BCUT2D eigenvalue weighted by Crippen LogP contribution is 2.34. The van der Waals surface area contributed by atoms with Gasteiger partial charge in [0.15, 0.2) is 0 Å². The molecule has 1 aliphatic heterocycles. The number of aromatic nitrogens is 1. The number of fused-ring (bicyclic) bond motifs is 1. The molecule has 0 amide bonds. The summed E-state index contributed by atoms with van der Waals surface area (Å²) in [6.45, 7) is 5.37. The molecule has 0 fully saturated rings. The molecule has 3 heteroatoms. The maximum absolute atomic E-state index is 5.51. The minimum atomic E-state index is 0.238. The van der Waals surface area contributed by atoms with Gasteiger partial charge >= 0.3 is 0 Å². The van der Waals surface area contributed by atoms with Crippen molar-refractivity contribution in [2.75, 3.05) is 13.7 Å². The molecule has 27 heavy (non-hydrogen) atoms. The molecule has 0 saturated heterocycles. The maximum atomic E-state index is 5.51. The summed E-state index contributed by atoms with van der Waals surface area (Å²) in [5, 5.41) is 0. The predicted molar refractivity (Wildman–Crippen MR) is 110 cm³/mol. The Morgan fingerprint density at radius 3 is 2.63 bits per heavy atom. The highest BCUT2D eigenvalue weighted by molar-refractivity contribution is 5.36. The van der Waals surface area contributed by atoms with Crippen molar-refractivity contribution in [1.29, 1.82) is 0 Å². The topological polar surface area (TPSA) is 17.4 Å². The zero-order valence-corrected chi connectivity index (χ0v) is 16.3. The third-order valence-corrected chi connectivity index (χ3v) is 5.64. The summed E-state index contributed by atoms with van der Waals surface area (Å²) in [4.78, 5) is 2.63. The minimum absolute atomic E-state index is 0.238. The molecule has 1 aromatic heterocycles. The van der Waals surface area contributed by atoms with Gasteiger partial charge in [-0.3, -0.25) is 4.90 Å². The van der Waals surface area contributed by atoms with Gasteiger partial charge in [0.2, 0.25) is 0 Å². The van der Waals surface area contributed by atoms with E-state index in [1.807, 2.05) is 6.07 Å². The summed E-state index contributed by atoms with van der Waals surface area (Å²) in [5.41, 5.74) is 5.55. The zero-order valence-electron chi connectivity index (χ0n) is 16.3. The summed E-state index contributed by atoms with van der Waals surface area (Å²) in [6.07, 6.45) is 4.45. The number of ether oxygens (including phenoxy) is 1. The summed E-state index contributed by atoms with van der Waals surface area (Å²) in [6, 6.07) is 22.1. The van der Waals surface area contributed by atoms with E-state index in [0.717, 1.165) is 38.2 Å². The largest absolute Gasteiger partial charge is 0.497 e. The molecule has 1 atom stereocenters. The van der Waals surface area contributed by atoms with E-state index in [0.29, 0.717) is 0 Å². The van der Waals surface area contributed by atoms with Gasteiger partial charge in [0.25, 0.3) is 0 Å². The fourth-order valence-corrected chi connectivity index (χ4v) is 4.28. The minimum Gasteiger partial charge on any atom is -0.497 e. The van der Waals surface area contributed by atoms with E-state index in [2.05, 4.69) is 77.2 Å². The fraction of sp³-hybridized carbons (Fsp3) is 0.333. The van der Waals surface area contributed by atoms with E-state index in [9.17, 15) is 0 Å². The van der Waals surface area contributed by atoms with Gasteiger partial charge in [0.05, 0.1) is 13.2 Å². The van der Waals surface area contributed by atoms with Crippen molar-refractivity contribution in [2.24, 2.45) is 0 Å². The molecule has 0 aliphatic carbocycles. The lowest BCUT2D eigenvalue weighted by Crippen LogP contribution is -2.30. The lowest BCUT2D eigenvalue weighted by Gasteiger charge is -2.31. The quantitative estimate of drug-likeness (QED) is 0.633. The van der Waals surface area contributed by atoms with Crippen molar-refractivity contribution in [2.45, 2.75) is 38.9 Å². The van der Waals surface area contributed by atoms with Gasteiger partial charge < -0.3 is 9.30 Å². The van der Waals surface area contributed by atoms with Gasteiger partial charge in [-0.25, -0.2) is 0 Å². The van der Waals surface area contributed by atoms with Crippen LogP contribution in [0.1, 0.15) is 41.8 Å². The predicted octanol–water partition coefficient (Wildman–Crippen LogP) is 5.05. The van der Waals surface area contributed by atoms with Crippen LogP contribution in [0.3, 0.4) is 0 Å². The van der Waals surface area contributed by atoms with Crippen LogP contribution in [0.2, 0.25) is 0 Å². The molecule has 0 N–H and O–H groups in total. The third kappa shape index (κ3) is 3.65. The molecule has 3 nitrogen and oxygen atoms in total. The van der Waals surface area contributed by atoms with Crippen molar-refractivity contribution in [1.82, 2.24) is 9.47 Å². The van der Waals surface area contributed by atoms with Crippen molar-refractivity contribution in [3.05, 3.63) is 89.2 Å². The van der Waals surface area contributed by atoms with Crippen LogP contribution >= 0.6 is 0 Å². The van der Waals surface area contributed by atoms with Crippen LogP contribution in [0.4, 0.5) is 0 Å². The first kappa shape index (κ1) is 17.9. The molecule has 140 valence electrons. The molecule has 0 radical (unpaired) electrons. The molecular weight excluding hydrogens is 332 g/mol. The smallest absolute Gasteiger partial charge is 0.119 e. The lowest BCUT2D eigenvalue weighted by molar-refractivity contribution is 0.219. The number of hydrogen-bond acceptors (Lipinski definition) is 2. The fourth-order valence-electron chi connectivity index (χ4n) is 4.28. The van der Waals surface area contributed by atoms with Gasteiger partial charge in [-0.05, 0) is 53.8 Å². The van der Waals surface area contributed by atoms with Gasteiger partial charge in [-0.1, -0.05) is 43.3 Å². The van der Waals surface area contributed by atoms with E-state index in [-0.39, 0.29) is 6.04 Å². The van der Waals surface area contributed by atoms with E-state index < -0.39 is 0 Å². The zero-order chi connectivity index (χ0) is 18.6. The van der Waals surface area contributed by atoms with E-state index >= 15 is 0 Å². The molecule has 3 aromatic rings. The maximum Gasteiger partial charge on any atom is 0.119 e. The average Bonchev–Trinajstić information content (AvgIpc) is 3.09. The molecule has 2 heterocycles. The van der Waals surface area contributed by atoms with Crippen LogP contribution in [-0.4, -0.2) is 23.1 Å². The lowest BCUT2D eigenvalue weighted by atomic mass is 9.99. The second-order valence-electron chi connectivity index (χ2n) is 7.25. The highest BCUT2D eigenvalue weighted by atomic mass is 16.5. The molecule has 0 bridgehead atoms. The molecule has 0 spiro atoms. The van der Waals surface area contributed by atoms with E-state index in [1.165, 1.54) is 22.4 Å². The average molecular weight is 361 g/mol. The molecule has 0 unspecified atom stereocenters. The van der Waals surface area contributed by atoms with Crippen molar-refractivity contribution < 1.29 is 4.74 Å². The number of aryl methyl sites for hydroxylation is 2. The number of nitrogens with zero attached hydrogens (tertiary/aromatic N) is 2. The first-order chi connectivity index (χ1) is 13.3. The molecule has 4 rings (SSSR count). The highest BCUT2D eigenvalue weighted by Gasteiger charge is 2.28. The molecule has 2 aromatic carbocycles. The Bertz CT molecular complexity index is 899. The Hall–Kier alpha value is -2.52. The van der Waals surface area contributed by atoms with Crippen LogP contribution in [-0.2, 0) is 19.5 Å². The van der Waals surface area contributed by atoms with Crippen molar-refractivity contribution in [3.63, 3.8) is 0 Å². The molecule has 1 aliphatic rings. The Kier molecular flexibility index (Phi) is 5.30. The third-order valence-electron chi connectivity index (χ3n) is 5.64. The SMILES string of the molecule is CCc1ccccc1CN1CCCn2cccc2[C@H]1c1cccc(OC)c1.